The van der Waals surface area contributed by atoms with Crippen molar-refractivity contribution in [2.45, 2.75) is 12.3 Å². The van der Waals surface area contributed by atoms with Crippen LogP contribution in [0.4, 0.5) is 5.69 Å². The zero-order valence-corrected chi connectivity index (χ0v) is 13.5. The van der Waals surface area contributed by atoms with Crippen molar-refractivity contribution in [2.24, 2.45) is 0 Å². The summed E-state index contributed by atoms with van der Waals surface area (Å²) in [6.45, 7) is 0.453. The summed E-state index contributed by atoms with van der Waals surface area (Å²) in [5, 5.41) is 10.0. The first-order chi connectivity index (χ1) is 10.6. The van der Waals surface area contributed by atoms with Gasteiger partial charge in [0.05, 0.1) is 23.6 Å². The van der Waals surface area contributed by atoms with Crippen LogP contribution >= 0.6 is 11.6 Å². The van der Waals surface area contributed by atoms with Gasteiger partial charge in [0.1, 0.15) is 5.75 Å². The number of rotatable bonds is 6. The monoisotopic (exact) mass is 314 g/mol. The van der Waals surface area contributed by atoms with Gasteiger partial charge in [0.15, 0.2) is 0 Å². The van der Waals surface area contributed by atoms with Gasteiger partial charge < -0.3 is 9.64 Å². The van der Waals surface area contributed by atoms with Crippen LogP contribution in [0.3, 0.4) is 0 Å². The fourth-order valence-corrected chi connectivity index (χ4v) is 2.36. The highest BCUT2D eigenvalue weighted by molar-refractivity contribution is 6.32. The largest absolute Gasteiger partial charge is 0.492 e. The molecule has 0 aliphatic carbocycles. The molecule has 2 aromatic carbocycles. The molecule has 0 aliphatic heterocycles. The number of halogens is 1. The molecule has 0 saturated carbocycles. The topological polar surface area (TPSA) is 36.3 Å². The number of hydrogen-bond donors (Lipinski definition) is 0. The molecule has 0 radical (unpaired) electrons. The van der Waals surface area contributed by atoms with Gasteiger partial charge in [0.2, 0.25) is 0 Å². The van der Waals surface area contributed by atoms with E-state index in [-0.39, 0.29) is 5.92 Å². The molecular formula is C18H19ClN2O. The third kappa shape index (κ3) is 4.16. The van der Waals surface area contributed by atoms with Gasteiger partial charge in [-0.3, -0.25) is 0 Å². The fraction of sp³-hybridized carbons (Fsp3) is 0.278. The predicted molar refractivity (Wildman–Crippen MR) is 90.7 cm³/mol. The van der Waals surface area contributed by atoms with Crippen molar-refractivity contribution in [2.75, 3.05) is 25.6 Å². The standard InChI is InChI=1S/C18H19ClN2O/c1-21(2)16-7-5-6-14(12-16)15(13-20)10-11-22-18-9-4-3-8-17(18)19/h3-9,12,15H,10-11H2,1-2H3. The Labute approximate surface area is 136 Å². The molecule has 1 unspecified atom stereocenters. The third-order valence-electron chi connectivity index (χ3n) is 3.45. The number of ether oxygens (including phenoxy) is 1. The van der Waals surface area contributed by atoms with Crippen LogP contribution in [-0.2, 0) is 0 Å². The Balaban J connectivity index is 2.00. The molecule has 3 nitrogen and oxygen atoms in total. The number of anilines is 1. The molecule has 0 aliphatic rings. The second-order valence-electron chi connectivity index (χ2n) is 5.24. The van der Waals surface area contributed by atoms with E-state index in [1.165, 1.54) is 0 Å². The molecule has 0 aromatic heterocycles. The first-order valence-electron chi connectivity index (χ1n) is 7.16. The Morgan fingerprint density at radius 1 is 1.18 bits per heavy atom. The first-order valence-corrected chi connectivity index (χ1v) is 7.54. The molecule has 114 valence electrons. The van der Waals surface area contributed by atoms with Gasteiger partial charge >= 0.3 is 0 Å². The highest BCUT2D eigenvalue weighted by Crippen LogP contribution is 2.26. The lowest BCUT2D eigenvalue weighted by atomic mass is 9.97. The van der Waals surface area contributed by atoms with Crippen molar-refractivity contribution in [3.05, 3.63) is 59.1 Å². The Hall–Kier alpha value is -2.18. The molecule has 0 spiro atoms. The zero-order valence-electron chi connectivity index (χ0n) is 12.8. The Bertz CT molecular complexity index is 664. The van der Waals surface area contributed by atoms with Gasteiger partial charge in [-0.1, -0.05) is 35.9 Å². The third-order valence-corrected chi connectivity index (χ3v) is 3.76. The smallest absolute Gasteiger partial charge is 0.137 e. The maximum Gasteiger partial charge on any atom is 0.137 e. The zero-order chi connectivity index (χ0) is 15.9. The summed E-state index contributed by atoms with van der Waals surface area (Å²) < 4.78 is 5.67. The minimum Gasteiger partial charge on any atom is -0.492 e. The average molecular weight is 315 g/mol. The summed E-state index contributed by atoms with van der Waals surface area (Å²) in [5.74, 6) is 0.463. The fourth-order valence-electron chi connectivity index (χ4n) is 2.17. The van der Waals surface area contributed by atoms with Crippen LogP contribution in [0.25, 0.3) is 0 Å². The van der Waals surface area contributed by atoms with Crippen LogP contribution in [-0.4, -0.2) is 20.7 Å². The molecule has 2 rings (SSSR count). The maximum absolute atomic E-state index is 9.42. The summed E-state index contributed by atoms with van der Waals surface area (Å²) in [6.07, 6.45) is 0.624. The second-order valence-corrected chi connectivity index (χ2v) is 5.65. The number of benzene rings is 2. The highest BCUT2D eigenvalue weighted by Gasteiger charge is 2.12. The van der Waals surface area contributed by atoms with E-state index in [0.29, 0.717) is 23.8 Å². The van der Waals surface area contributed by atoms with E-state index in [0.717, 1.165) is 11.3 Å². The van der Waals surface area contributed by atoms with E-state index in [9.17, 15) is 5.26 Å². The molecule has 0 fully saturated rings. The first kappa shape index (κ1) is 16.2. The van der Waals surface area contributed by atoms with Crippen molar-refractivity contribution in [1.29, 1.82) is 5.26 Å². The van der Waals surface area contributed by atoms with Crippen LogP contribution in [0.5, 0.6) is 5.75 Å². The van der Waals surface area contributed by atoms with Gasteiger partial charge in [0, 0.05) is 26.2 Å². The Kier molecular flexibility index (Phi) is 5.68. The molecule has 1 atom stereocenters. The molecule has 0 N–H and O–H groups in total. The van der Waals surface area contributed by atoms with Crippen molar-refractivity contribution in [3.63, 3.8) is 0 Å². The minimum absolute atomic E-state index is 0.192. The van der Waals surface area contributed by atoms with Crippen molar-refractivity contribution in [1.82, 2.24) is 0 Å². The summed E-state index contributed by atoms with van der Waals surface area (Å²) in [5.41, 5.74) is 2.10. The SMILES string of the molecule is CN(C)c1cccc(C(C#N)CCOc2ccccc2Cl)c1. The summed E-state index contributed by atoms with van der Waals surface area (Å²) in [4.78, 5) is 2.03. The molecule has 22 heavy (non-hydrogen) atoms. The van der Waals surface area contributed by atoms with Crippen LogP contribution < -0.4 is 9.64 Å². The van der Waals surface area contributed by atoms with Crippen molar-refractivity contribution < 1.29 is 4.74 Å². The Morgan fingerprint density at radius 2 is 1.95 bits per heavy atom. The van der Waals surface area contributed by atoms with Gasteiger partial charge in [-0.2, -0.15) is 5.26 Å². The lowest BCUT2D eigenvalue weighted by Gasteiger charge is -2.16. The lowest BCUT2D eigenvalue weighted by Crippen LogP contribution is -2.10. The number of nitrogens with zero attached hydrogens (tertiary/aromatic N) is 2. The van der Waals surface area contributed by atoms with Crippen molar-refractivity contribution >= 4 is 17.3 Å². The quantitative estimate of drug-likeness (QED) is 0.788. The minimum atomic E-state index is -0.192. The number of nitriles is 1. The normalized spacial score (nSPS) is 11.5. The lowest BCUT2D eigenvalue weighted by molar-refractivity contribution is 0.306. The van der Waals surface area contributed by atoms with E-state index in [1.807, 2.05) is 61.5 Å². The van der Waals surface area contributed by atoms with Crippen LogP contribution in [0.1, 0.15) is 17.9 Å². The molecule has 0 bridgehead atoms. The highest BCUT2D eigenvalue weighted by atomic mass is 35.5. The van der Waals surface area contributed by atoms with Crippen LogP contribution in [0, 0.1) is 11.3 Å². The maximum atomic E-state index is 9.42. The Morgan fingerprint density at radius 3 is 2.64 bits per heavy atom. The van der Waals surface area contributed by atoms with E-state index in [1.54, 1.807) is 6.07 Å². The summed E-state index contributed by atoms with van der Waals surface area (Å²) in [7, 11) is 3.97. The molecule has 4 heteroatoms. The average Bonchev–Trinajstić information content (AvgIpc) is 2.53. The molecule has 0 heterocycles. The summed E-state index contributed by atoms with van der Waals surface area (Å²) >= 11 is 6.05. The number of hydrogen-bond acceptors (Lipinski definition) is 3. The van der Waals surface area contributed by atoms with E-state index in [4.69, 9.17) is 16.3 Å². The molecular weight excluding hydrogens is 296 g/mol. The predicted octanol–water partition coefficient (Wildman–Crippen LogP) is 4.48. The van der Waals surface area contributed by atoms with Gasteiger partial charge in [-0.15, -0.1) is 0 Å². The molecule has 2 aromatic rings. The van der Waals surface area contributed by atoms with E-state index in [2.05, 4.69) is 6.07 Å². The van der Waals surface area contributed by atoms with Gasteiger partial charge in [-0.25, -0.2) is 0 Å². The van der Waals surface area contributed by atoms with Gasteiger partial charge in [-0.05, 0) is 29.8 Å². The second kappa shape index (κ2) is 7.72. The van der Waals surface area contributed by atoms with Crippen molar-refractivity contribution in [3.8, 4) is 11.8 Å². The van der Waals surface area contributed by atoms with Crippen LogP contribution in [0.15, 0.2) is 48.5 Å². The number of para-hydroxylation sites is 1. The van der Waals surface area contributed by atoms with Gasteiger partial charge in [0.25, 0.3) is 0 Å². The van der Waals surface area contributed by atoms with E-state index < -0.39 is 0 Å². The molecule has 0 saturated heterocycles. The van der Waals surface area contributed by atoms with Crippen LogP contribution in [0.2, 0.25) is 5.02 Å². The van der Waals surface area contributed by atoms with E-state index >= 15 is 0 Å². The molecule has 0 amide bonds. The summed E-state index contributed by atoms with van der Waals surface area (Å²) in [6, 6.07) is 17.7.